The van der Waals surface area contributed by atoms with Crippen molar-refractivity contribution < 1.29 is 4.74 Å². The minimum Gasteiger partial charge on any atom is -0.496 e. The maximum Gasteiger partial charge on any atom is 0.210 e. The lowest BCUT2D eigenvalue weighted by Crippen LogP contribution is -2.11. The number of benzene rings is 2. The molecule has 120 valence electrons. The second kappa shape index (κ2) is 7.06. The standard InChI is InChI=1S/C17H15N5OS/c1-23-15-5-3-2-4-14(15)16-20-21-17(22(16)19)24-11-13-8-6-12(10-18)7-9-13/h2-9H,11,19H2,1H3. The molecule has 0 bridgehead atoms. The average Bonchev–Trinajstić information content (AvgIpc) is 3.00. The molecule has 0 aliphatic rings. The first-order valence-corrected chi connectivity index (χ1v) is 8.17. The van der Waals surface area contributed by atoms with E-state index in [-0.39, 0.29) is 0 Å². The van der Waals surface area contributed by atoms with Gasteiger partial charge in [-0.15, -0.1) is 10.2 Å². The summed E-state index contributed by atoms with van der Waals surface area (Å²) in [5.74, 6) is 8.07. The molecule has 7 heteroatoms. The van der Waals surface area contributed by atoms with Gasteiger partial charge in [-0.05, 0) is 29.8 Å². The van der Waals surface area contributed by atoms with E-state index >= 15 is 0 Å². The van der Waals surface area contributed by atoms with Crippen molar-refractivity contribution in [2.45, 2.75) is 10.9 Å². The zero-order valence-corrected chi connectivity index (χ0v) is 13.8. The van der Waals surface area contributed by atoms with Gasteiger partial charge in [-0.25, -0.2) is 4.68 Å². The van der Waals surface area contributed by atoms with Crippen LogP contribution in [-0.2, 0) is 5.75 Å². The Hall–Kier alpha value is -2.98. The number of nitrogens with zero attached hydrogens (tertiary/aromatic N) is 4. The Bertz CT molecular complexity index is 883. The monoisotopic (exact) mass is 337 g/mol. The summed E-state index contributed by atoms with van der Waals surface area (Å²) in [5.41, 5.74) is 2.52. The van der Waals surface area contributed by atoms with Crippen molar-refractivity contribution in [1.29, 1.82) is 5.26 Å². The van der Waals surface area contributed by atoms with Crippen LogP contribution in [0.15, 0.2) is 53.7 Å². The van der Waals surface area contributed by atoms with E-state index in [1.54, 1.807) is 19.2 Å². The molecule has 0 aliphatic heterocycles. The van der Waals surface area contributed by atoms with Gasteiger partial charge >= 0.3 is 0 Å². The Balaban J connectivity index is 1.78. The molecule has 2 N–H and O–H groups in total. The maximum absolute atomic E-state index is 8.82. The van der Waals surface area contributed by atoms with Gasteiger partial charge in [0.1, 0.15) is 5.75 Å². The molecule has 0 saturated heterocycles. The van der Waals surface area contributed by atoms with Crippen LogP contribution in [0, 0.1) is 11.3 Å². The Labute approximate surface area is 143 Å². The molecule has 3 aromatic rings. The van der Waals surface area contributed by atoms with E-state index in [1.165, 1.54) is 16.4 Å². The van der Waals surface area contributed by atoms with Crippen LogP contribution in [-0.4, -0.2) is 22.0 Å². The maximum atomic E-state index is 8.82. The Morgan fingerprint density at radius 2 is 1.92 bits per heavy atom. The number of nitrogens with two attached hydrogens (primary N) is 1. The third-order valence-corrected chi connectivity index (χ3v) is 4.48. The van der Waals surface area contributed by atoms with Gasteiger partial charge in [-0.1, -0.05) is 36.0 Å². The van der Waals surface area contributed by atoms with Crippen LogP contribution in [0.5, 0.6) is 5.75 Å². The summed E-state index contributed by atoms with van der Waals surface area (Å²) in [6.07, 6.45) is 0. The molecule has 1 heterocycles. The minimum absolute atomic E-state index is 0.551. The van der Waals surface area contributed by atoms with Crippen molar-refractivity contribution in [3.8, 4) is 23.2 Å². The summed E-state index contributed by atoms with van der Waals surface area (Å²) in [4.78, 5) is 0. The number of para-hydroxylation sites is 1. The smallest absolute Gasteiger partial charge is 0.210 e. The summed E-state index contributed by atoms with van der Waals surface area (Å²) >= 11 is 1.48. The van der Waals surface area contributed by atoms with Crippen molar-refractivity contribution in [1.82, 2.24) is 14.9 Å². The van der Waals surface area contributed by atoms with Crippen LogP contribution in [0.1, 0.15) is 11.1 Å². The number of nitrogen functional groups attached to an aromatic ring is 1. The topological polar surface area (TPSA) is 89.8 Å². The highest BCUT2D eigenvalue weighted by atomic mass is 32.2. The molecule has 6 nitrogen and oxygen atoms in total. The van der Waals surface area contributed by atoms with Crippen molar-refractivity contribution in [2.75, 3.05) is 13.0 Å². The largest absolute Gasteiger partial charge is 0.496 e. The average molecular weight is 337 g/mol. The van der Waals surface area contributed by atoms with Crippen LogP contribution >= 0.6 is 11.8 Å². The summed E-state index contributed by atoms with van der Waals surface area (Å²) in [5, 5.41) is 17.8. The van der Waals surface area contributed by atoms with Gasteiger partial charge in [0.2, 0.25) is 5.16 Å². The number of nitriles is 1. The van der Waals surface area contributed by atoms with Crippen LogP contribution in [0.25, 0.3) is 11.4 Å². The lowest BCUT2D eigenvalue weighted by Gasteiger charge is -2.07. The number of hydrogen-bond acceptors (Lipinski definition) is 6. The van der Waals surface area contributed by atoms with E-state index in [2.05, 4.69) is 16.3 Å². The predicted octanol–water partition coefficient (Wildman–Crippen LogP) is 2.83. The minimum atomic E-state index is 0.551. The number of aromatic nitrogens is 3. The Morgan fingerprint density at radius 3 is 2.62 bits per heavy atom. The van der Waals surface area contributed by atoms with Gasteiger partial charge in [0, 0.05) is 5.75 Å². The van der Waals surface area contributed by atoms with Crippen molar-refractivity contribution in [3.63, 3.8) is 0 Å². The highest BCUT2D eigenvalue weighted by molar-refractivity contribution is 7.98. The zero-order valence-electron chi connectivity index (χ0n) is 13.0. The lowest BCUT2D eigenvalue weighted by molar-refractivity contribution is 0.416. The van der Waals surface area contributed by atoms with Crippen molar-refractivity contribution >= 4 is 11.8 Å². The van der Waals surface area contributed by atoms with E-state index in [4.69, 9.17) is 15.8 Å². The molecule has 0 radical (unpaired) electrons. The quantitative estimate of drug-likeness (QED) is 0.569. The van der Waals surface area contributed by atoms with Gasteiger partial charge in [-0.2, -0.15) is 5.26 Å². The highest BCUT2D eigenvalue weighted by Crippen LogP contribution is 2.30. The summed E-state index contributed by atoms with van der Waals surface area (Å²) in [7, 11) is 1.61. The van der Waals surface area contributed by atoms with Gasteiger partial charge < -0.3 is 10.6 Å². The van der Waals surface area contributed by atoms with Crippen LogP contribution in [0.2, 0.25) is 0 Å². The third-order valence-electron chi connectivity index (χ3n) is 3.46. The molecule has 3 rings (SSSR count). The highest BCUT2D eigenvalue weighted by Gasteiger charge is 2.15. The molecule has 0 amide bonds. The fourth-order valence-corrected chi connectivity index (χ4v) is 3.02. The van der Waals surface area contributed by atoms with E-state index in [0.29, 0.717) is 28.0 Å². The number of rotatable bonds is 5. The normalized spacial score (nSPS) is 10.3. The fraction of sp³-hybridized carbons (Fsp3) is 0.118. The third kappa shape index (κ3) is 3.19. The Morgan fingerprint density at radius 1 is 1.17 bits per heavy atom. The first-order chi connectivity index (χ1) is 11.7. The lowest BCUT2D eigenvalue weighted by atomic mass is 10.2. The molecule has 0 atom stereocenters. The molecule has 1 aromatic heterocycles. The first-order valence-electron chi connectivity index (χ1n) is 7.18. The summed E-state index contributed by atoms with van der Waals surface area (Å²) in [6.45, 7) is 0. The van der Waals surface area contributed by atoms with Crippen LogP contribution < -0.4 is 10.6 Å². The molecular weight excluding hydrogens is 322 g/mol. The van der Waals surface area contributed by atoms with Gasteiger partial charge in [0.05, 0.1) is 24.3 Å². The molecule has 24 heavy (non-hydrogen) atoms. The van der Waals surface area contributed by atoms with E-state index in [9.17, 15) is 0 Å². The molecule has 0 spiro atoms. The second-order valence-corrected chi connectivity index (χ2v) is 5.92. The molecule has 0 unspecified atom stereocenters. The van der Waals surface area contributed by atoms with Gasteiger partial charge in [0.15, 0.2) is 5.82 Å². The molecule has 2 aromatic carbocycles. The SMILES string of the molecule is COc1ccccc1-c1nnc(SCc2ccc(C#N)cc2)n1N. The first kappa shape index (κ1) is 15.9. The van der Waals surface area contributed by atoms with Gasteiger partial charge in [-0.3, -0.25) is 0 Å². The van der Waals surface area contributed by atoms with Crippen molar-refractivity contribution in [3.05, 3.63) is 59.7 Å². The molecule has 0 aliphatic carbocycles. The van der Waals surface area contributed by atoms with E-state index in [0.717, 1.165) is 11.1 Å². The van der Waals surface area contributed by atoms with Crippen molar-refractivity contribution in [2.24, 2.45) is 0 Å². The summed E-state index contributed by atoms with van der Waals surface area (Å²) in [6, 6.07) is 17.1. The number of thioether (sulfide) groups is 1. The zero-order chi connectivity index (χ0) is 16.9. The molecule has 0 saturated carbocycles. The second-order valence-electron chi connectivity index (χ2n) is 4.97. The predicted molar refractivity (Wildman–Crippen MR) is 92.9 cm³/mol. The van der Waals surface area contributed by atoms with E-state index in [1.807, 2.05) is 36.4 Å². The number of methoxy groups -OCH3 is 1. The number of hydrogen-bond donors (Lipinski definition) is 1. The Kier molecular flexibility index (Phi) is 4.68. The summed E-state index contributed by atoms with van der Waals surface area (Å²) < 4.78 is 6.81. The van der Waals surface area contributed by atoms with Crippen LogP contribution in [0.3, 0.4) is 0 Å². The molecular formula is C17H15N5OS. The van der Waals surface area contributed by atoms with Crippen LogP contribution in [0.4, 0.5) is 0 Å². The van der Waals surface area contributed by atoms with E-state index < -0.39 is 0 Å². The van der Waals surface area contributed by atoms with Gasteiger partial charge in [0.25, 0.3) is 0 Å². The molecule has 0 fully saturated rings. The number of ether oxygens (including phenoxy) is 1. The fourth-order valence-electron chi connectivity index (χ4n) is 2.21.